The van der Waals surface area contributed by atoms with E-state index in [9.17, 15) is 14.4 Å². The second-order valence-electron chi connectivity index (χ2n) is 6.10. The lowest BCUT2D eigenvalue weighted by Crippen LogP contribution is -2.28. The Balaban J connectivity index is 1.75. The zero-order valence-electron chi connectivity index (χ0n) is 14.0. The van der Waals surface area contributed by atoms with Crippen LogP contribution in [0, 0.1) is 5.92 Å². The number of amides is 2. The van der Waals surface area contributed by atoms with Crippen molar-refractivity contribution in [1.29, 1.82) is 0 Å². The number of nitrogens with zero attached hydrogens (tertiary/aromatic N) is 1. The normalized spacial score (nSPS) is 16.7. The second-order valence-corrected chi connectivity index (χ2v) is 6.89. The SMILES string of the molecule is CC(=O)c1cccc(N2CC(C(=O)Nc3cccc(Cl)c3Cl)CC2=O)c1. The number of ketones is 1. The van der Waals surface area contributed by atoms with E-state index < -0.39 is 5.92 Å². The molecule has 2 amide bonds. The number of benzene rings is 2. The van der Waals surface area contributed by atoms with Crippen LogP contribution in [0.15, 0.2) is 42.5 Å². The van der Waals surface area contributed by atoms with Crippen molar-refractivity contribution in [3.8, 4) is 0 Å². The van der Waals surface area contributed by atoms with Gasteiger partial charge in [-0.2, -0.15) is 0 Å². The minimum Gasteiger partial charge on any atom is -0.324 e. The Kier molecular flexibility index (Phi) is 5.30. The van der Waals surface area contributed by atoms with Crippen molar-refractivity contribution in [2.45, 2.75) is 13.3 Å². The van der Waals surface area contributed by atoms with Gasteiger partial charge in [0.1, 0.15) is 0 Å². The van der Waals surface area contributed by atoms with Gasteiger partial charge in [-0.25, -0.2) is 0 Å². The molecule has 1 atom stereocenters. The van der Waals surface area contributed by atoms with Crippen LogP contribution in [0.3, 0.4) is 0 Å². The molecule has 7 heteroatoms. The standard InChI is InChI=1S/C19H16Cl2N2O3/c1-11(24)12-4-2-5-14(8-12)23-10-13(9-17(23)25)19(26)22-16-7-3-6-15(20)18(16)21/h2-8,13H,9-10H2,1H3,(H,22,26). The summed E-state index contributed by atoms with van der Waals surface area (Å²) in [6.07, 6.45) is 0.0916. The van der Waals surface area contributed by atoms with Gasteiger partial charge in [0.15, 0.2) is 5.78 Å². The van der Waals surface area contributed by atoms with Crippen LogP contribution in [0.1, 0.15) is 23.7 Å². The molecule has 0 saturated carbocycles. The van der Waals surface area contributed by atoms with Gasteiger partial charge in [-0.1, -0.05) is 41.4 Å². The maximum atomic E-state index is 12.5. The predicted octanol–water partition coefficient (Wildman–Crippen LogP) is 4.19. The molecule has 3 rings (SSSR count). The van der Waals surface area contributed by atoms with E-state index in [1.165, 1.54) is 11.8 Å². The summed E-state index contributed by atoms with van der Waals surface area (Å²) in [6, 6.07) is 11.8. The Morgan fingerprint density at radius 3 is 2.62 bits per heavy atom. The highest BCUT2D eigenvalue weighted by Gasteiger charge is 2.35. The van der Waals surface area contributed by atoms with E-state index in [1.807, 2.05) is 0 Å². The van der Waals surface area contributed by atoms with Crippen molar-refractivity contribution in [1.82, 2.24) is 0 Å². The molecule has 1 saturated heterocycles. The second kappa shape index (κ2) is 7.48. The smallest absolute Gasteiger partial charge is 0.229 e. The number of nitrogens with one attached hydrogen (secondary N) is 1. The van der Waals surface area contributed by atoms with Crippen molar-refractivity contribution in [2.75, 3.05) is 16.8 Å². The van der Waals surface area contributed by atoms with Gasteiger partial charge in [0.05, 0.1) is 21.7 Å². The fraction of sp³-hybridized carbons (Fsp3) is 0.211. The number of carbonyl (C=O) groups is 3. The van der Waals surface area contributed by atoms with Crippen LogP contribution in [0.5, 0.6) is 0 Å². The number of halogens is 2. The first kappa shape index (κ1) is 18.4. The number of carbonyl (C=O) groups excluding carboxylic acids is 3. The third kappa shape index (κ3) is 3.74. The van der Waals surface area contributed by atoms with E-state index in [2.05, 4.69) is 5.32 Å². The van der Waals surface area contributed by atoms with Gasteiger partial charge in [-0.05, 0) is 31.2 Å². The van der Waals surface area contributed by atoms with Crippen LogP contribution in [0.25, 0.3) is 0 Å². The zero-order chi connectivity index (χ0) is 18.8. The summed E-state index contributed by atoms with van der Waals surface area (Å²) in [7, 11) is 0. The molecule has 5 nitrogen and oxygen atoms in total. The first-order valence-electron chi connectivity index (χ1n) is 8.03. The molecular formula is C19H16Cl2N2O3. The third-order valence-corrected chi connectivity index (χ3v) is 5.09. The fourth-order valence-electron chi connectivity index (χ4n) is 2.86. The van der Waals surface area contributed by atoms with Gasteiger partial charge in [0.2, 0.25) is 11.8 Å². The van der Waals surface area contributed by atoms with Gasteiger partial charge >= 0.3 is 0 Å². The molecule has 0 bridgehead atoms. The highest BCUT2D eigenvalue weighted by molar-refractivity contribution is 6.44. The van der Waals surface area contributed by atoms with Crippen molar-refractivity contribution in [3.63, 3.8) is 0 Å². The Bertz CT molecular complexity index is 898. The Morgan fingerprint density at radius 1 is 1.15 bits per heavy atom. The predicted molar refractivity (Wildman–Crippen MR) is 102 cm³/mol. The monoisotopic (exact) mass is 390 g/mol. The number of Topliss-reactive ketones (excluding diaryl/α,β-unsaturated/α-hetero) is 1. The molecule has 1 unspecified atom stereocenters. The summed E-state index contributed by atoms with van der Waals surface area (Å²) in [5.74, 6) is -1.06. The summed E-state index contributed by atoms with van der Waals surface area (Å²) in [6.45, 7) is 1.71. The molecule has 2 aromatic rings. The molecule has 0 radical (unpaired) electrons. The van der Waals surface area contributed by atoms with E-state index in [4.69, 9.17) is 23.2 Å². The summed E-state index contributed by atoms with van der Waals surface area (Å²) >= 11 is 12.0. The summed E-state index contributed by atoms with van der Waals surface area (Å²) in [5, 5.41) is 3.33. The molecule has 0 aromatic heterocycles. The minimum absolute atomic E-state index is 0.0802. The van der Waals surface area contributed by atoms with Crippen LogP contribution in [0.4, 0.5) is 11.4 Å². The van der Waals surface area contributed by atoms with E-state index in [0.717, 1.165) is 0 Å². The van der Waals surface area contributed by atoms with Gasteiger partial charge in [-0.15, -0.1) is 0 Å². The Labute approximate surface area is 160 Å². The first-order valence-corrected chi connectivity index (χ1v) is 8.78. The van der Waals surface area contributed by atoms with Crippen molar-refractivity contribution in [2.24, 2.45) is 5.92 Å². The van der Waals surface area contributed by atoms with Crippen molar-refractivity contribution >= 4 is 52.2 Å². The van der Waals surface area contributed by atoms with Gasteiger partial charge < -0.3 is 10.2 Å². The molecule has 26 heavy (non-hydrogen) atoms. The number of hydrogen-bond acceptors (Lipinski definition) is 3. The molecule has 1 fully saturated rings. The van der Waals surface area contributed by atoms with Crippen LogP contribution in [0.2, 0.25) is 10.0 Å². The average Bonchev–Trinajstić information content (AvgIpc) is 3.01. The lowest BCUT2D eigenvalue weighted by molar-refractivity contribution is -0.122. The van der Waals surface area contributed by atoms with Crippen molar-refractivity contribution in [3.05, 3.63) is 58.1 Å². The molecule has 2 aromatic carbocycles. The number of anilines is 2. The minimum atomic E-state index is -0.515. The number of rotatable bonds is 4. The topological polar surface area (TPSA) is 66.5 Å². The summed E-state index contributed by atoms with van der Waals surface area (Å²) < 4.78 is 0. The first-order chi connectivity index (χ1) is 12.4. The largest absolute Gasteiger partial charge is 0.324 e. The van der Waals surface area contributed by atoms with E-state index in [-0.39, 0.29) is 35.6 Å². The van der Waals surface area contributed by atoms with E-state index in [1.54, 1.807) is 42.5 Å². The molecule has 0 spiro atoms. The van der Waals surface area contributed by atoms with E-state index in [0.29, 0.717) is 22.0 Å². The van der Waals surface area contributed by atoms with Crippen molar-refractivity contribution < 1.29 is 14.4 Å². The maximum absolute atomic E-state index is 12.5. The Hall–Kier alpha value is -2.37. The quantitative estimate of drug-likeness (QED) is 0.795. The van der Waals surface area contributed by atoms with Gasteiger partial charge in [0, 0.05) is 24.2 Å². The average molecular weight is 391 g/mol. The molecule has 1 heterocycles. The zero-order valence-corrected chi connectivity index (χ0v) is 15.5. The third-order valence-electron chi connectivity index (χ3n) is 4.27. The summed E-state index contributed by atoms with van der Waals surface area (Å²) in [4.78, 5) is 38.0. The molecule has 1 aliphatic heterocycles. The van der Waals surface area contributed by atoms with Crippen LogP contribution >= 0.6 is 23.2 Å². The fourth-order valence-corrected chi connectivity index (χ4v) is 3.21. The van der Waals surface area contributed by atoms with E-state index >= 15 is 0 Å². The van der Waals surface area contributed by atoms with Gasteiger partial charge in [-0.3, -0.25) is 14.4 Å². The van der Waals surface area contributed by atoms with Gasteiger partial charge in [0.25, 0.3) is 0 Å². The molecule has 1 N–H and O–H groups in total. The lowest BCUT2D eigenvalue weighted by Gasteiger charge is -2.17. The molecule has 0 aliphatic carbocycles. The highest BCUT2D eigenvalue weighted by atomic mass is 35.5. The highest BCUT2D eigenvalue weighted by Crippen LogP contribution is 2.31. The molecule has 134 valence electrons. The van der Waals surface area contributed by atoms with Crippen LogP contribution < -0.4 is 10.2 Å². The molecule has 1 aliphatic rings. The summed E-state index contributed by atoms with van der Waals surface area (Å²) in [5.41, 5.74) is 1.54. The number of hydrogen-bond donors (Lipinski definition) is 1. The Morgan fingerprint density at radius 2 is 1.88 bits per heavy atom. The molecular weight excluding hydrogens is 375 g/mol. The van der Waals surface area contributed by atoms with Crippen LogP contribution in [-0.2, 0) is 9.59 Å². The lowest BCUT2D eigenvalue weighted by atomic mass is 10.1. The van der Waals surface area contributed by atoms with Crippen LogP contribution in [-0.4, -0.2) is 24.1 Å². The maximum Gasteiger partial charge on any atom is 0.229 e.